The largest absolute Gasteiger partial charge is 0.383 e. The van der Waals surface area contributed by atoms with Gasteiger partial charge < -0.3 is 5.73 Å². The number of aromatic nitrogens is 2. The highest BCUT2D eigenvalue weighted by Crippen LogP contribution is 2.24. The predicted octanol–water partition coefficient (Wildman–Crippen LogP) is 3.48. The van der Waals surface area contributed by atoms with Gasteiger partial charge in [-0.3, -0.25) is 4.79 Å². The summed E-state index contributed by atoms with van der Waals surface area (Å²) in [6.07, 6.45) is 1.31. The molecule has 0 saturated carbocycles. The number of anilines is 1. The molecule has 110 valence electrons. The van der Waals surface area contributed by atoms with Gasteiger partial charge >= 0.3 is 0 Å². The van der Waals surface area contributed by atoms with E-state index in [1.54, 1.807) is 36.4 Å². The zero-order valence-corrected chi connectivity index (χ0v) is 12.1. The van der Waals surface area contributed by atoms with Crippen LogP contribution in [0.3, 0.4) is 0 Å². The lowest BCUT2D eigenvalue weighted by Gasteiger charge is -2.06. The van der Waals surface area contributed by atoms with E-state index in [-0.39, 0.29) is 22.9 Å². The maximum atomic E-state index is 13.8. The van der Waals surface area contributed by atoms with Crippen LogP contribution in [-0.4, -0.2) is 15.6 Å². The summed E-state index contributed by atoms with van der Waals surface area (Å²) in [5, 5.41) is 4.34. The molecule has 0 aliphatic rings. The quantitative estimate of drug-likeness (QED) is 0.753. The molecule has 0 spiro atoms. The first kappa shape index (κ1) is 14.3. The number of carbonyl (C=O) groups is 1. The number of nitrogen functional groups attached to an aromatic ring is 1. The Morgan fingerprint density at radius 1 is 1.09 bits per heavy atom. The molecule has 1 aromatic heterocycles. The van der Waals surface area contributed by atoms with Gasteiger partial charge in [0.1, 0.15) is 17.3 Å². The fraction of sp³-hybridized carbons (Fsp3) is 0. The first-order chi connectivity index (χ1) is 10.6. The molecule has 0 atom stereocenters. The smallest absolute Gasteiger partial charge is 0.199 e. The Labute approximate surface area is 130 Å². The third kappa shape index (κ3) is 2.35. The van der Waals surface area contributed by atoms with Gasteiger partial charge in [0.15, 0.2) is 5.78 Å². The number of para-hydroxylation sites is 1. The summed E-state index contributed by atoms with van der Waals surface area (Å²) in [5.41, 5.74) is 6.64. The summed E-state index contributed by atoms with van der Waals surface area (Å²) in [6.45, 7) is 0. The van der Waals surface area contributed by atoms with Crippen molar-refractivity contribution in [3.63, 3.8) is 0 Å². The van der Waals surface area contributed by atoms with E-state index in [4.69, 9.17) is 17.3 Å². The van der Waals surface area contributed by atoms with Gasteiger partial charge in [-0.15, -0.1) is 0 Å². The molecule has 3 aromatic rings. The summed E-state index contributed by atoms with van der Waals surface area (Å²) in [5.74, 6) is -0.769. The van der Waals surface area contributed by atoms with Crippen LogP contribution in [0.25, 0.3) is 5.69 Å². The number of rotatable bonds is 3. The Balaban J connectivity index is 2.07. The van der Waals surface area contributed by atoms with Crippen molar-refractivity contribution < 1.29 is 9.18 Å². The third-order valence-electron chi connectivity index (χ3n) is 3.25. The number of hydrogen-bond acceptors (Lipinski definition) is 3. The highest BCUT2D eigenvalue weighted by atomic mass is 35.5. The van der Waals surface area contributed by atoms with E-state index >= 15 is 0 Å². The molecule has 0 amide bonds. The van der Waals surface area contributed by atoms with E-state index in [1.165, 1.54) is 23.0 Å². The van der Waals surface area contributed by atoms with Crippen molar-refractivity contribution in [2.24, 2.45) is 0 Å². The standard InChI is InChI=1S/C16H11ClFN3O/c17-12-6-2-1-5-10(12)15(22)11-9-20-21(16(11)19)14-8-4-3-7-13(14)18/h1-9H,19H2. The number of halogens is 2. The molecule has 3 rings (SSSR count). The highest BCUT2D eigenvalue weighted by molar-refractivity contribution is 6.35. The van der Waals surface area contributed by atoms with E-state index in [1.807, 2.05) is 0 Å². The lowest BCUT2D eigenvalue weighted by molar-refractivity contribution is 0.103. The maximum Gasteiger partial charge on any atom is 0.199 e. The molecular formula is C16H11ClFN3O. The van der Waals surface area contributed by atoms with E-state index in [0.29, 0.717) is 10.6 Å². The Kier molecular flexibility index (Phi) is 3.65. The number of ketones is 1. The van der Waals surface area contributed by atoms with Crippen molar-refractivity contribution in [3.8, 4) is 5.69 Å². The molecular weight excluding hydrogens is 305 g/mol. The maximum absolute atomic E-state index is 13.8. The van der Waals surface area contributed by atoms with Crippen LogP contribution in [0.1, 0.15) is 15.9 Å². The van der Waals surface area contributed by atoms with Crippen LogP contribution >= 0.6 is 11.6 Å². The highest BCUT2D eigenvalue weighted by Gasteiger charge is 2.20. The van der Waals surface area contributed by atoms with E-state index in [9.17, 15) is 9.18 Å². The van der Waals surface area contributed by atoms with Crippen molar-refractivity contribution in [3.05, 3.63) is 76.7 Å². The second kappa shape index (κ2) is 5.61. The molecule has 0 radical (unpaired) electrons. The average molecular weight is 316 g/mol. The first-order valence-corrected chi connectivity index (χ1v) is 6.85. The molecule has 1 heterocycles. The second-order valence-corrected chi connectivity index (χ2v) is 5.02. The number of carbonyl (C=O) groups excluding carboxylic acids is 1. The molecule has 6 heteroatoms. The van der Waals surface area contributed by atoms with Gasteiger partial charge in [0, 0.05) is 5.56 Å². The van der Waals surface area contributed by atoms with Crippen LogP contribution in [0.4, 0.5) is 10.2 Å². The second-order valence-electron chi connectivity index (χ2n) is 4.62. The molecule has 0 bridgehead atoms. The Bertz CT molecular complexity index is 860. The van der Waals surface area contributed by atoms with Crippen molar-refractivity contribution in [1.82, 2.24) is 9.78 Å². The molecule has 2 aromatic carbocycles. The van der Waals surface area contributed by atoms with Crippen molar-refractivity contribution in [1.29, 1.82) is 0 Å². The van der Waals surface area contributed by atoms with E-state index in [2.05, 4.69) is 5.10 Å². The minimum Gasteiger partial charge on any atom is -0.383 e. The molecule has 2 N–H and O–H groups in total. The van der Waals surface area contributed by atoms with Gasteiger partial charge in [-0.05, 0) is 24.3 Å². The van der Waals surface area contributed by atoms with Gasteiger partial charge in [-0.25, -0.2) is 9.07 Å². The zero-order valence-electron chi connectivity index (χ0n) is 11.3. The van der Waals surface area contributed by atoms with Crippen LogP contribution in [0.5, 0.6) is 0 Å². The predicted molar refractivity (Wildman–Crippen MR) is 82.8 cm³/mol. The molecule has 4 nitrogen and oxygen atoms in total. The fourth-order valence-electron chi connectivity index (χ4n) is 2.14. The Hall–Kier alpha value is -2.66. The number of nitrogens with zero attached hydrogens (tertiary/aromatic N) is 2. The summed E-state index contributed by atoms with van der Waals surface area (Å²) in [4.78, 5) is 12.5. The average Bonchev–Trinajstić information content (AvgIpc) is 2.89. The molecule has 0 aliphatic carbocycles. The topological polar surface area (TPSA) is 60.9 Å². The third-order valence-corrected chi connectivity index (χ3v) is 3.58. The van der Waals surface area contributed by atoms with Crippen molar-refractivity contribution >= 4 is 23.2 Å². The molecule has 0 saturated heterocycles. The van der Waals surface area contributed by atoms with Gasteiger partial charge in [0.05, 0.1) is 16.8 Å². The fourth-order valence-corrected chi connectivity index (χ4v) is 2.36. The van der Waals surface area contributed by atoms with Gasteiger partial charge in [-0.1, -0.05) is 35.9 Å². The zero-order chi connectivity index (χ0) is 15.7. The van der Waals surface area contributed by atoms with Crippen LogP contribution in [-0.2, 0) is 0 Å². The van der Waals surface area contributed by atoms with Crippen LogP contribution < -0.4 is 5.73 Å². The summed E-state index contributed by atoms with van der Waals surface area (Å²) in [6, 6.07) is 12.7. The number of benzene rings is 2. The van der Waals surface area contributed by atoms with Crippen LogP contribution in [0.2, 0.25) is 5.02 Å². The van der Waals surface area contributed by atoms with Crippen LogP contribution in [0, 0.1) is 5.82 Å². The molecule has 22 heavy (non-hydrogen) atoms. The van der Waals surface area contributed by atoms with Gasteiger partial charge in [0.25, 0.3) is 0 Å². The monoisotopic (exact) mass is 315 g/mol. The van der Waals surface area contributed by atoms with Crippen LogP contribution in [0.15, 0.2) is 54.7 Å². The van der Waals surface area contributed by atoms with Gasteiger partial charge in [0.2, 0.25) is 0 Å². The summed E-state index contributed by atoms with van der Waals surface area (Å²) in [7, 11) is 0. The number of hydrogen-bond donors (Lipinski definition) is 1. The van der Waals surface area contributed by atoms with Crippen molar-refractivity contribution in [2.45, 2.75) is 0 Å². The first-order valence-electron chi connectivity index (χ1n) is 6.47. The minimum absolute atomic E-state index is 0.0648. The Morgan fingerprint density at radius 2 is 1.77 bits per heavy atom. The van der Waals surface area contributed by atoms with Gasteiger partial charge in [-0.2, -0.15) is 5.10 Å². The van der Waals surface area contributed by atoms with E-state index in [0.717, 1.165) is 0 Å². The summed E-state index contributed by atoms with van der Waals surface area (Å²) < 4.78 is 15.0. The Morgan fingerprint density at radius 3 is 2.50 bits per heavy atom. The molecule has 0 unspecified atom stereocenters. The minimum atomic E-state index is -0.478. The lowest BCUT2D eigenvalue weighted by atomic mass is 10.1. The van der Waals surface area contributed by atoms with Crippen molar-refractivity contribution in [2.75, 3.05) is 5.73 Å². The molecule has 0 fully saturated rings. The lowest BCUT2D eigenvalue weighted by Crippen LogP contribution is -2.08. The SMILES string of the molecule is Nc1c(C(=O)c2ccccc2Cl)cnn1-c1ccccc1F. The summed E-state index contributed by atoms with van der Waals surface area (Å²) >= 11 is 6.02. The van der Waals surface area contributed by atoms with E-state index < -0.39 is 5.82 Å². The normalized spacial score (nSPS) is 10.6. The molecule has 0 aliphatic heterocycles. The number of nitrogens with two attached hydrogens (primary N) is 1.